The maximum atomic E-state index is 13.8. The molecule has 0 heterocycles. The van der Waals surface area contributed by atoms with Crippen LogP contribution in [0.4, 0.5) is 9.18 Å². The van der Waals surface area contributed by atoms with Crippen LogP contribution < -0.4 is 5.32 Å². The third-order valence-corrected chi connectivity index (χ3v) is 3.39. The molecule has 0 aromatic heterocycles. The van der Waals surface area contributed by atoms with Gasteiger partial charge in [0.2, 0.25) is 0 Å². The summed E-state index contributed by atoms with van der Waals surface area (Å²) in [6, 6.07) is 2.56. The zero-order valence-electron chi connectivity index (χ0n) is 15.2. The van der Waals surface area contributed by atoms with Gasteiger partial charge >= 0.3 is 12.1 Å². The van der Waals surface area contributed by atoms with Crippen LogP contribution in [0.1, 0.15) is 50.9 Å². The van der Waals surface area contributed by atoms with Gasteiger partial charge in [-0.25, -0.2) is 14.0 Å². The molecule has 26 heavy (non-hydrogen) atoms. The molecule has 144 valence electrons. The highest BCUT2D eigenvalue weighted by Crippen LogP contribution is 2.18. The SMILES string of the molecule is CCOC(=O)C(CCC(=O)c1cc(Cl)ccc1F)NC(=O)OC(C)(C)C. The van der Waals surface area contributed by atoms with E-state index in [4.69, 9.17) is 21.1 Å². The molecule has 0 radical (unpaired) electrons. The average Bonchev–Trinajstić information content (AvgIpc) is 2.51. The van der Waals surface area contributed by atoms with Crippen molar-refractivity contribution in [2.24, 2.45) is 0 Å². The number of ketones is 1. The average molecular weight is 388 g/mol. The number of nitrogens with one attached hydrogen (secondary N) is 1. The summed E-state index contributed by atoms with van der Waals surface area (Å²) in [7, 11) is 0. The minimum absolute atomic E-state index is 0.0666. The third kappa shape index (κ3) is 7.39. The van der Waals surface area contributed by atoms with Crippen LogP contribution in [0.25, 0.3) is 0 Å². The summed E-state index contributed by atoms with van der Waals surface area (Å²) in [5, 5.41) is 2.61. The highest BCUT2D eigenvalue weighted by atomic mass is 35.5. The number of carbonyl (C=O) groups excluding carboxylic acids is 3. The molecule has 0 saturated heterocycles. The number of Topliss-reactive ketones (excluding diaryl/α,β-unsaturated/α-hetero) is 1. The van der Waals surface area contributed by atoms with Crippen molar-refractivity contribution >= 4 is 29.4 Å². The molecule has 1 aromatic carbocycles. The minimum Gasteiger partial charge on any atom is -0.464 e. The van der Waals surface area contributed by atoms with Gasteiger partial charge < -0.3 is 14.8 Å². The number of carbonyl (C=O) groups is 3. The van der Waals surface area contributed by atoms with Gasteiger partial charge in [0.15, 0.2) is 5.78 Å². The van der Waals surface area contributed by atoms with E-state index in [-0.39, 0.29) is 30.0 Å². The number of amides is 1. The second-order valence-electron chi connectivity index (χ2n) is 6.54. The van der Waals surface area contributed by atoms with Crippen LogP contribution in [-0.4, -0.2) is 36.1 Å². The van der Waals surface area contributed by atoms with Gasteiger partial charge in [0.05, 0.1) is 12.2 Å². The Hall–Kier alpha value is -2.15. The van der Waals surface area contributed by atoms with Crippen molar-refractivity contribution in [3.63, 3.8) is 0 Å². The first-order valence-corrected chi connectivity index (χ1v) is 8.55. The lowest BCUT2D eigenvalue weighted by Crippen LogP contribution is -2.44. The van der Waals surface area contributed by atoms with Gasteiger partial charge in [-0.3, -0.25) is 4.79 Å². The zero-order valence-corrected chi connectivity index (χ0v) is 16.0. The molecule has 1 rings (SSSR count). The Kier molecular flexibility index (Phi) is 8.02. The van der Waals surface area contributed by atoms with Crippen molar-refractivity contribution in [1.29, 1.82) is 0 Å². The zero-order chi connectivity index (χ0) is 19.9. The van der Waals surface area contributed by atoms with Crippen molar-refractivity contribution in [3.8, 4) is 0 Å². The first-order chi connectivity index (χ1) is 12.0. The number of rotatable bonds is 7. The number of benzene rings is 1. The normalized spacial score (nSPS) is 12.2. The number of hydrogen-bond donors (Lipinski definition) is 1. The Balaban J connectivity index is 2.79. The molecule has 1 amide bonds. The van der Waals surface area contributed by atoms with Crippen LogP contribution in [0, 0.1) is 5.82 Å². The largest absolute Gasteiger partial charge is 0.464 e. The molecule has 1 atom stereocenters. The van der Waals surface area contributed by atoms with Crippen molar-refractivity contribution < 1.29 is 28.2 Å². The maximum absolute atomic E-state index is 13.8. The van der Waals surface area contributed by atoms with Crippen molar-refractivity contribution in [1.82, 2.24) is 5.32 Å². The molecule has 0 aliphatic heterocycles. The number of hydrogen-bond acceptors (Lipinski definition) is 5. The Morgan fingerprint density at radius 1 is 1.27 bits per heavy atom. The number of ether oxygens (including phenoxy) is 2. The fourth-order valence-corrected chi connectivity index (χ4v) is 2.23. The second-order valence-corrected chi connectivity index (χ2v) is 6.97. The predicted molar refractivity (Wildman–Crippen MR) is 94.8 cm³/mol. The molecule has 1 aromatic rings. The van der Waals surface area contributed by atoms with Gasteiger partial charge in [-0.15, -0.1) is 0 Å². The van der Waals surface area contributed by atoms with Crippen molar-refractivity contribution in [3.05, 3.63) is 34.6 Å². The van der Waals surface area contributed by atoms with E-state index in [2.05, 4.69) is 5.32 Å². The van der Waals surface area contributed by atoms with E-state index in [0.717, 1.165) is 6.07 Å². The standard InChI is InChI=1S/C18H23ClFNO5/c1-5-25-16(23)14(21-17(24)26-18(2,3)4)8-9-15(22)12-10-11(19)6-7-13(12)20/h6-7,10,14H,5,8-9H2,1-4H3,(H,21,24). The molecular formula is C18H23ClFNO5. The number of halogens is 2. The van der Waals surface area contributed by atoms with E-state index in [1.54, 1.807) is 27.7 Å². The third-order valence-electron chi connectivity index (χ3n) is 3.15. The summed E-state index contributed by atoms with van der Waals surface area (Å²) in [4.78, 5) is 36.1. The highest BCUT2D eigenvalue weighted by Gasteiger charge is 2.26. The van der Waals surface area contributed by atoms with Gasteiger partial charge in [-0.2, -0.15) is 0 Å². The predicted octanol–water partition coefficient (Wildman–Crippen LogP) is 3.90. The summed E-state index contributed by atoms with van der Waals surface area (Å²) in [5.41, 5.74) is -0.916. The molecule has 0 fully saturated rings. The number of alkyl carbamates (subject to hydrolysis) is 1. The van der Waals surface area contributed by atoms with Gasteiger partial charge in [-0.05, 0) is 52.3 Å². The highest BCUT2D eigenvalue weighted by molar-refractivity contribution is 6.31. The smallest absolute Gasteiger partial charge is 0.408 e. The van der Waals surface area contributed by atoms with E-state index in [1.165, 1.54) is 12.1 Å². The number of esters is 1. The van der Waals surface area contributed by atoms with Crippen LogP contribution in [0.15, 0.2) is 18.2 Å². The topological polar surface area (TPSA) is 81.7 Å². The summed E-state index contributed by atoms with van der Waals surface area (Å²) in [6.07, 6.45) is -1.06. The molecule has 6 nitrogen and oxygen atoms in total. The van der Waals surface area contributed by atoms with E-state index in [9.17, 15) is 18.8 Å². The van der Waals surface area contributed by atoms with Gasteiger partial charge in [0, 0.05) is 11.4 Å². The van der Waals surface area contributed by atoms with Crippen LogP contribution in [-0.2, 0) is 14.3 Å². The van der Waals surface area contributed by atoms with Gasteiger partial charge in [0.1, 0.15) is 17.5 Å². The monoisotopic (exact) mass is 387 g/mol. The fourth-order valence-electron chi connectivity index (χ4n) is 2.06. The molecule has 0 spiro atoms. The minimum atomic E-state index is -1.09. The summed E-state index contributed by atoms with van der Waals surface area (Å²) < 4.78 is 23.8. The van der Waals surface area contributed by atoms with E-state index >= 15 is 0 Å². The molecule has 1 unspecified atom stereocenters. The van der Waals surface area contributed by atoms with Crippen LogP contribution in [0.3, 0.4) is 0 Å². The van der Waals surface area contributed by atoms with Gasteiger partial charge in [0.25, 0.3) is 0 Å². The molecule has 0 saturated carbocycles. The van der Waals surface area contributed by atoms with E-state index < -0.39 is 35.3 Å². The Morgan fingerprint density at radius 2 is 1.92 bits per heavy atom. The Labute approximate surface area is 157 Å². The Morgan fingerprint density at radius 3 is 2.50 bits per heavy atom. The molecule has 8 heteroatoms. The van der Waals surface area contributed by atoms with Crippen molar-refractivity contribution in [2.45, 2.75) is 52.2 Å². The lowest BCUT2D eigenvalue weighted by Gasteiger charge is -2.22. The molecule has 0 aliphatic rings. The van der Waals surface area contributed by atoms with E-state index in [1.807, 2.05) is 0 Å². The summed E-state index contributed by atoms with van der Waals surface area (Å²) >= 11 is 5.78. The quantitative estimate of drug-likeness (QED) is 0.566. The lowest BCUT2D eigenvalue weighted by molar-refractivity contribution is -0.145. The van der Waals surface area contributed by atoms with Crippen LogP contribution in [0.2, 0.25) is 5.02 Å². The first kappa shape index (κ1) is 21.9. The van der Waals surface area contributed by atoms with E-state index in [0.29, 0.717) is 0 Å². The molecular weight excluding hydrogens is 365 g/mol. The fraction of sp³-hybridized carbons (Fsp3) is 0.500. The second kappa shape index (κ2) is 9.52. The summed E-state index contributed by atoms with van der Waals surface area (Å²) in [5.74, 6) is -1.94. The molecule has 0 aliphatic carbocycles. The van der Waals surface area contributed by atoms with Crippen molar-refractivity contribution in [2.75, 3.05) is 6.61 Å². The van der Waals surface area contributed by atoms with Crippen LogP contribution >= 0.6 is 11.6 Å². The summed E-state index contributed by atoms with van der Waals surface area (Å²) in [6.45, 7) is 6.77. The lowest BCUT2D eigenvalue weighted by atomic mass is 10.0. The van der Waals surface area contributed by atoms with Crippen LogP contribution in [0.5, 0.6) is 0 Å². The Bertz CT molecular complexity index is 672. The maximum Gasteiger partial charge on any atom is 0.408 e. The molecule has 1 N–H and O–H groups in total. The first-order valence-electron chi connectivity index (χ1n) is 8.18. The van der Waals surface area contributed by atoms with Gasteiger partial charge in [-0.1, -0.05) is 11.6 Å². The molecule has 0 bridgehead atoms.